The minimum absolute atomic E-state index is 0.255. The average Bonchev–Trinajstić information content (AvgIpc) is 3.25. The summed E-state index contributed by atoms with van der Waals surface area (Å²) in [6, 6.07) is -0.895. The zero-order valence-corrected chi connectivity index (χ0v) is 38.6. The number of aliphatic hydroxyl groups excluding tert-OH is 6. The smallest absolute Gasteiger partial charge is 0.249 e. The van der Waals surface area contributed by atoms with Crippen molar-refractivity contribution >= 4 is 5.91 Å². The Morgan fingerprint density at radius 3 is 1.43 bits per heavy atom. The Bertz CT molecular complexity index is 1010. The number of allylic oxidation sites excluding steroid dienone is 4. The molecule has 1 saturated heterocycles. The van der Waals surface area contributed by atoms with Gasteiger partial charge in [0.25, 0.3) is 0 Å². The van der Waals surface area contributed by atoms with E-state index in [2.05, 4.69) is 43.5 Å². The van der Waals surface area contributed by atoms with Gasteiger partial charge in [0.05, 0.1) is 25.4 Å². The highest BCUT2D eigenvalue weighted by atomic mass is 16.7. The molecule has 1 heterocycles. The lowest BCUT2D eigenvalue weighted by molar-refractivity contribution is -0.302. The number of aliphatic hydroxyl groups is 6. The van der Waals surface area contributed by atoms with Gasteiger partial charge in [0.1, 0.15) is 30.5 Å². The maximum absolute atomic E-state index is 13.1. The monoisotopic (exact) mass is 854 g/mol. The molecule has 0 aromatic rings. The van der Waals surface area contributed by atoms with Gasteiger partial charge in [-0.3, -0.25) is 4.79 Å². The van der Waals surface area contributed by atoms with Crippen LogP contribution in [0.5, 0.6) is 0 Å². The summed E-state index contributed by atoms with van der Waals surface area (Å²) in [6.07, 6.45) is 37.9. The van der Waals surface area contributed by atoms with Crippen LogP contribution in [0.25, 0.3) is 0 Å². The van der Waals surface area contributed by atoms with E-state index in [1.165, 1.54) is 141 Å². The largest absolute Gasteiger partial charge is 0.394 e. The van der Waals surface area contributed by atoms with Gasteiger partial charge in [-0.05, 0) is 38.5 Å². The van der Waals surface area contributed by atoms with Crippen LogP contribution >= 0.6 is 0 Å². The fourth-order valence-electron chi connectivity index (χ4n) is 8.04. The topological polar surface area (TPSA) is 169 Å². The van der Waals surface area contributed by atoms with Gasteiger partial charge < -0.3 is 45.4 Å². The summed E-state index contributed by atoms with van der Waals surface area (Å²) < 4.78 is 11.2. The quantitative estimate of drug-likeness (QED) is 0.0233. The number of amides is 1. The van der Waals surface area contributed by atoms with Gasteiger partial charge in [-0.1, -0.05) is 212 Å². The van der Waals surface area contributed by atoms with Crippen molar-refractivity contribution in [1.82, 2.24) is 5.32 Å². The SMILES string of the molecule is CCCCC/C=C\C=C/CCCCCCCCCCCC(O)C(=O)NC(COC1OC(CO)C(O)C(O)C1O)C(O)CCCCCCCCCCCCCCCCCCC. The van der Waals surface area contributed by atoms with Crippen molar-refractivity contribution in [2.45, 2.75) is 275 Å². The Morgan fingerprint density at radius 1 is 0.567 bits per heavy atom. The minimum atomic E-state index is -1.60. The summed E-state index contributed by atoms with van der Waals surface area (Å²) in [5.41, 5.74) is 0. The summed E-state index contributed by atoms with van der Waals surface area (Å²) in [4.78, 5) is 13.1. The molecule has 1 rings (SSSR count). The van der Waals surface area contributed by atoms with Crippen LogP contribution in [-0.2, 0) is 14.3 Å². The van der Waals surface area contributed by atoms with Crippen molar-refractivity contribution < 1.29 is 44.9 Å². The van der Waals surface area contributed by atoms with Crippen molar-refractivity contribution in [2.75, 3.05) is 13.2 Å². The van der Waals surface area contributed by atoms with Crippen LogP contribution in [0.3, 0.4) is 0 Å². The maximum Gasteiger partial charge on any atom is 0.249 e. The second-order valence-corrected chi connectivity index (χ2v) is 17.8. The Kier molecular flexibility index (Phi) is 38.1. The lowest BCUT2D eigenvalue weighted by Crippen LogP contribution is -2.60. The predicted molar refractivity (Wildman–Crippen MR) is 246 cm³/mol. The third kappa shape index (κ3) is 29.8. The molecule has 354 valence electrons. The molecule has 0 spiro atoms. The van der Waals surface area contributed by atoms with Gasteiger partial charge in [0, 0.05) is 0 Å². The molecule has 8 unspecified atom stereocenters. The molecule has 7 N–H and O–H groups in total. The first-order chi connectivity index (χ1) is 29.3. The molecule has 10 heteroatoms. The van der Waals surface area contributed by atoms with E-state index in [9.17, 15) is 35.4 Å². The molecule has 8 atom stereocenters. The predicted octanol–water partition coefficient (Wildman–Crippen LogP) is 10.0. The molecule has 0 aliphatic carbocycles. The number of hydrogen-bond acceptors (Lipinski definition) is 9. The average molecular weight is 854 g/mol. The molecule has 0 saturated carbocycles. The van der Waals surface area contributed by atoms with Gasteiger partial charge in [-0.2, -0.15) is 0 Å². The van der Waals surface area contributed by atoms with E-state index in [1.807, 2.05) is 0 Å². The van der Waals surface area contributed by atoms with E-state index in [0.29, 0.717) is 12.8 Å². The summed E-state index contributed by atoms with van der Waals surface area (Å²) >= 11 is 0. The van der Waals surface area contributed by atoms with E-state index in [1.54, 1.807) is 0 Å². The first kappa shape index (κ1) is 56.6. The van der Waals surface area contributed by atoms with E-state index >= 15 is 0 Å². The lowest BCUT2D eigenvalue weighted by atomic mass is 9.99. The van der Waals surface area contributed by atoms with Gasteiger partial charge >= 0.3 is 0 Å². The van der Waals surface area contributed by atoms with E-state index in [-0.39, 0.29) is 6.61 Å². The highest BCUT2D eigenvalue weighted by Crippen LogP contribution is 2.23. The molecule has 1 fully saturated rings. The third-order valence-corrected chi connectivity index (χ3v) is 12.2. The minimum Gasteiger partial charge on any atom is -0.394 e. The van der Waals surface area contributed by atoms with Gasteiger partial charge in [0.15, 0.2) is 6.29 Å². The summed E-state index contributed by atoms with van der Waals surface area (Å²) in [6.45, 7) is 3.65. The second kappa shape index (κ2) is 40.4. The molecular formula is C50H95NO9. The first-order valence-electron chi connectivity index (χ1n) is 25.2. The zero-order valence-electron chi connectivity index (χ0n) is 38.6. The zero-order chi connectivity index (χ0) is 43.9. The molecule has 0 bridgehead atoms. The van der Waals surface area contributed by atoms with Gasteiger partial charge in [-0.15, -0.1) is 0 Å². The number of nitrogens with one attached hydrogen (secondary N) is 1. The van der Waals surface area contributed by atoms with Crippen LogP contribution < -0.4 is 5.32 Å². The summed E-state index contributed by atoms with van der Waals surface area (Å²) in [5.74, 6) is -0.586. The van der Waals surface area contributed by atoms with Crippen LogP contribution in [0.15, 0.2) is 24.3 Å². The molecule has 60 heavy (non-hydrogen) atoms. The van der Waals surface area contributed by atoms with Crippen molar-refractivity contribution in [3.05, 3.63) is 24.3 Å². The highest BCUT2D eigenvalue weighted by molar-refractivity contribution is 5.80. The molecule has 1 aliphatic heterocycles. The second-order valence-electron chi connectivity index (χ2n) is 17.8. The molecule has 0 aromatic heterocycles. The van der Waals surface area contributed by atoms with Crippen molar-refractivity contribution in [3.63, 3.8) is 0 Å². The van der Waals surface area contributed by atoms with E-state index in [4.69, 9.17) is 9.47 Å². The number of unbranched alkanes of at least 4 members (excludes halogenated alkanes) is 28. The van der Waals surface area contributed by atoms with Gasteiger partial charge in [0.2, 0.25) is 5.91 Å². The highest BCUT2D eigenvalue weighted by Gasteiger charge is 2.44. The van der Waals surface area contributed by atoms with Crippen molar-refractivity contribution in [2.24, 2.45) is 0 Å². The third-order valence-electron chi connectivity index (χ3n) is 12.2. The molecule has 1 amide bonds. The Hall–Kier alpha value is -1.37. The number of ether oxygens (including phenoxy) is 2. The van der Waals surface area contributed by atoms with Crippen LogP contribution in [0.2, 0.25) is 0 Å². The Labute approximate surface area is 367 Å². The molecule has 10 nitrogen and oxygen atoms in total. The molecule has 0 aromatic carbocycles. The number of carbonyl (C=O) groups is 1. The van der Waals surface area contributed by atoms with Crippen LogP contribution in [0, 0.1) is 0 Å². The van der Waals surface area contributed by atoms with Crippen LogP contribution in [0.4, 0.5) is 0 Å². The van der Waals surface area contributed by atoms with Gasteiger partial charge in [-0.25, -0.2) is 0 Å². The number of hydrogen-bond donors (Lipinski definition) is 7. The normalized spacial score (nSPS) is 21.2. The van der Waals surface area contributed by atoms with Crippen LogP contribution in [-0.4, -0.2) is 98.7 Å². The first-order valence-corrected chi connectivity index (χ1v) is 25.2. The van der Waals surface area contributed by atoms with Crippen LogP contribution in [0.1, 0.15) is 226 Å². The Balaban J connectivity index is 2.34. The Morgan fingerprint density at radius 2 is 0.967 bits per heavy atom. The molecule has 0 radical (unpaired) electrons. The van der Waals surface area contributed by atoms with Crippen molar-refractivity contribution in [1.29, 1.82) is 0 Å². The lowest BCUT2D eigenvalue weighted by Gasteiger charge is -2.40. The summed E-state index contributed by atoms with van der Waals surface area (Å²) in [7, 11) is 0. The van der Waals surface area contributed by atoms with E-state index < -0.39 is 61.5 Å². The molecule has 1 aliphatic rings. The maximum atomic E-state index is 13.1. The summed E-state index contributed by atoms with van der Waals surface area (Å²) in [5, 5.41) is 65.0. The number of rotatable bonds is 42. The van der Waals surface area contributed by atoms with E-state index in [0.717, 1.165) is 57.8 Å². The fraction of sp³-hybridized carbons (Fsp3) is 0.900. The molecular weight excluding hydrogens is 759 g/mol. The standard InChI is InChI=1S/C50H95NO9/c1-3-5-7-9-11-13-15-17-19-21-23-25-27-29-31-33-35-37-39-44(54)49(58)51-42(41-59-50-48(57)47(56)46(55)45(40-52)60-50)43(53)38-36-34-32-30-28-26-24-22-20-18-16-14-12-10-8-6-4-2/h11,13,15,17,42-48,50,52-57H,3-10,12,14,16,18-41H2,1-2H3,(H,51,58)/b13-11-,17-15-. The fourth-order valence-corrected chi connectivity index (χ4v) is 8.04. The number of carbonyl (C=O) groups excluding carboxylic acids is 1. The van der Waals surface area contributed by atoms with Crippen molar-refractivity contribution in [3.8, 4) is 0 Å².